The van der Waals surface area contributed by atoms with E-state index in [1.54, 1.807) is 13.2 Å². The van der Waals surface area contributed by atoms with Gasteiger partial charge in [-0.25, -0.2) is 0 Å². The van der Waals surface area contributed by atoms with E-state index in [-0.39, 0.29) is 5.69 Å². The fourth-order valence-electron chi connectivity index (χ4n) is 1.63. The van der Waals surface area contributed by atoms with E-state index in [2.05, 4.69) is 14.7 Å². The molecule has 0 aliphatic rings. The number of benzene rings is 1. The first-order valence-electron chi connectivity index (χ1n) is 5.93. The third kappa shape index (κ3) is 3.28. The first-order chi connectivity index (χ1) is 9.61. The molecule has 0 aliphatic heterocycles. The van der Waals surface area contributed by atoms with Crippen LogP contribution in [0, 0.1) is 17.0 Å². The van der Waals surface area contributed by atoms with E-state index in [9.17, 15) is 10.1 Å². The van der Waals surface area contributed by atoms with E-state index in [1.165, 1.54) is 23.7 Å². The number of rotatable bonds is 6. The molecule has 20 heavy (non-hydrogen) atoms. The Balaban J connectivity index is 2.23. The summed E-state index contributed by atoms with van der Waals surface area (Å²) in [7, 11) is 1.62. The van der Waals surface area contributed by atoms with Crippen molar-refractivity contribution in [1.82, 2.24) is 9.36 Å². The second kappa shape index (κ2) is 6.40. The molecule has 8 heteroatoms. The lowest BCUT2D eigenvalue weighted by atomic mass is 10.1. The summed E-state index contributed by atoms with van der Waals surface area (Å²) in [5, 5.41) is 14.6. The zero-order valence-electron chi connectivity index (χ0n) is 11.1. The van der Waals surface area contributed by atoms with Crippen LogP contribution in [0.15, 0.2) is 18.2 Å². The molecule has 1 aromatic heterocycles. The van der Waals surface area contributed by atoms with Crippen molar-refractivity contribution in [2.45, 2.75) is 6.92 Å². The number of nitro groups is 1. The number of ether oxygens (including phenoxy) is 1. The quantitative estimate of drug-likeness (QED) is 0.500. The standard InChI is InChI=1S/C12H14N4O3S/c1-8-3-4-9(16(17)18)7-10(8)11-14-12(20-15-11)13-5-6-19-2/h3-4,7H,5-6H2,1-2H3,(H,13,14,15). The Hall–Kier alpha value is -2.06. The van der Waals surface area contributed by atoms with Gasteiger partial charge < -0.3 is 10.1 Å². The van der Waals surface area contributed by atoms with Crippen molar-refractivity contribution in [3.63, 3.8) is 0 Å². The van der Waals surface area contributed by atoms with Crippen molar-refractivity contribution in [2.24, 2.45) is 0 Å². The van der Waals surface area contributed by atoms with Crippen LogP contribution in [0.3, 0.4) is 0 Å². The van der Waals surface area contributed by atoms with Crippen LogP contribution in [0.25, 0.3) is 11.4 Å². The van der Waals surface area contributed by atoms with E-state index in [0.29, 0.717) is 29.7 Å². The Morgan fingerprint density at radius 1 is 1.50 bits per heavy atom. The largest absolute Gasteiger partial charge is 0.383 e. The Morgan fingerprint density at radius 2 is 2.30 bits per heavy atom. The zero-order valence-corrected chi connectivity index (χ0v) is 11.9. The van der Waals surface area contributed by atoms with Gasteiger partial charge in [0.1, 0.15) is 0 Å². The SMILES string of the molecule is COCCNc1nc(-c2cc([N+](=O)[O-])ccc2C)ns1. The summed E-state index contributed by atoms with van der Waals surface area (Å²) >= 11 is 1.22. The highest BCUT2D eigenvalue weighted by atomic mass is 32.1. The van der Waals surface area contributed by atoms with Gasteiger partial charge in [-0.15, -0.1) is 0 Å². The van der Waals surface area contributed by atoms with Crippen molar-refractivity contribution in [3.8, 4) is 11.4 Å². The van der Waals surface area contributed by atoms with Gasteiger partial charge in [0.2, 0.25) is 5.13 Å². The van der Waals surface area contributed by atoms with Gasteiger partial charge in [-0.3, -0.25) is 10.1 Å². The van der Waals surface area contributed by atoms with E-state index < -0.39 is 4.92 Å². The smallest absolute Gasteiger partial charge is 0.270 e. The highest BCUT2D eigenvalue weighted by molar-refractivity contribution is 7.09. The number of hydrogen-bond acceptors (Lipinski definition) is 7. The summed E-state index contributed by atoms with van der Waals surface area (Å²) in [4.78, 5) is 14.7. The van der Waals surface area contributed by atoms with E-state index in [1.807, 2.05) is 6.92 Å². The number of aryl methyl sites for hydroxylation is 1. The molecule has 1 heterocycles. The molecule has 0 radical (unpaired) electrons. The summed E-state index contributed by atoms with van der Waals surface area (Å²) < 4.78 is 9.17. The van der Waals surface area contributed by atoms with Gasteiger partial charge in [0.15, 0.2) is 5.82 Å². The Labute approximate surface area is 119 Å². The molecule has 0 unspecified atom stereocenters. The van der Waals surface area contributed by atoms with Gasteiger partial charge in [0, 0.05) is 42.9 Å². The average Bonchev–Trinajstić information content (AvgIpc) is 2.88. The summed E-state index contributed by atoms with van der Waals surface area (Å²) in [6, 6.07) is 4.67. The molecular formula is C12H14N4O3S. The third-order valence-electron chi connectivity index (χ3n) is 2.68. The van der Waals surface area contributed by atoms with Crippen LogP contribution in [0.4, 0.5) is 10.8 Å². The number of nitrogens with zero attached hydrogens (tertiary/aromatic N) is 3. The highest BCUT2D eigenvalue weighted by Gasteiger charge is 2.14. The minimum atomic E-state index is -0.424. The van der Waals surface area contributed by atoms with E-state index in [4.69, 9.17) is 4.74 Å². The number of methoxy groups -OCH3 is 1. The summed E-state index contributed by atoms with van der Waals surface area (Å²) in [6.45, 7) is 3.09. The molecule has 0 fully saturated rings. The molecule has 0 saturated heterocycles. The molecule has 1 N–H and O–H groups in total. The Kier molecular flexibility index (Phi) is 4.59. The number of aromatic nitrogens is 2. The van der Waals surface area contributed by atoms with Crippen LogP contribution in [0.5, 0.6) is 0 Å². The minimum Gasteiger partial charge on any atom is -0.383 e. The zero-order chi connectivity index (χ0) is 14.5. The van der Waals surface area contributed by atoms with Crippen molar-refractivity contribution < 1.29 is 9.66 Å². The normalized spacial score (nSPS) is 10.5. The molecule has 7 nitrogen and oxygen atoms in total. The van der Waals surface area contributed by atoms with Crippen molar-refractivity contribution >= 4 is 22.4 Å². The minimum absolute atomic E-state index is 0.0364. The number of nitro benzene ring substituents is 1. The lowest BCUT2D eigenvalue weighted by molar-refractivity contribution is -0.384. The molecule has 0 spiro atoms. The molecular weight excluding hydrogens is 280 g/mol. The Morgan fingerprint density at radius 3 is 3.00 bits per heavy atom. The van der Waals surface area contributed by atoms with Crippen LogP contribution < -0.4 is 5.32 Å². The van der Waals surface area contributed by atoms with Crippen LogP contribution in [0.2, 0.25) is 0 Å². The molecule has 106 valence electrons. The maximum absolute atomic E-state index is 10.8. The topological polar surface area (TPSA) is 90.2 Å². The molecule has 2 aromatic rings. The fourth-order valence-corrected chi connectivity index (χ4v) is 2.24. The van der Waals surface area contributed by atoms with Crippen molar-refractivity contribution in [3.05, 3.63) is 33.9 Å². The van der Waals surface area contributed by atoms with Gasteiger partial charge in [-0.05, 0) is 12.5 Å². The molecule has 0 amide bonds. The predicted molar refractivity (Wildman–Crippen MR) is 77.1 cm³/mol. The second-order valence-corrected chi connectivity index (χ2v) is 4.85. The number of nitrogens with one attached hydrogen (secondary N) is 1. The van der Waals surface area contributed by atoms with Gasteiger partial charge >= 0.3 is 0 Å². The first kappa shape index (κ1) is 14.4. The van der Waals surface area contributed by atoms with Crippen LogP contribution in [-0.2, 0) is 4.74 Å². The first-order valence-corrected chi connectivity index (χ1v) is 6.71. The molecule has 0 saturated carbocycles. The lowest BCUT2D eigenvalue weighted by Crippen LogP contribution is -2.07. The summed E-state index contributed by atoms with van der Waals surface area (Å²) in [6.07, 6.45) is 0. The fraction of sp³-hybridized carbons (Fsp3) is 0.333. The van der Waals surface area contributed by atoms with Gasteiger partial charge in [0.25, 0.3) is 5.69 Å². The summed E-state index contributed by atoms with van der Waals surface area (Å²) in [5.41, 5.74) is 1.61. The van der Waals surface area contributed by atoms with E-state index >= 15 is 0 Å². The Bertz CT molecular complexity index is 614. The van der Waals surface area contributed by atoms with Crippen LogP contribution in [-0.4, -0.2) is 34.5 Å². The number of anilines is 1. The number of non-ortho nitro benzene ring substituents is 1. The second-order valence-electron chi connectivity index (χ2n) is 4.10. The molecule has 0 atom stereocenters. The van der Waals surface area contributed by atoms with Crippen molar-refractivity contribution in [1.29, 1.82) is 0 Å². The lowest BCUT2D eigenvalue weighted by Gasteiger charge is -2.01. The highest BCUT2D eigenvalue weighted by Crippen LogP contribution is 2.27. The van der Waals surface area contributed by atoms with Crippen molar-refractivity contribution in [2.75, 3.05) is 25.6 Å². The van der Waals surface area contributed by atoms with Crippen LogP contribution in [0.1, 0.15) is 5.56 Å². The van der Waals surface area contributed by atoms with Gasteiger partial charge in [-0.1, -0.05) is 6.07 Å². The van der Waals surface area contributed by atoms with E-state index in [0.717, 1.165) is 5.56 Å². The third-order valence-corrected chi connectivity index (χ3v) is 3.35. The maximum atomic E-state index is 10.8. The van der Waals surface area contributed by atoms with Gasteiger partial charge in [0.05, 0.1) is 11.5 Å². The maximum Gasteiger partial charge on any atom is 0.270 e. The summed E-state index contributed by atoms with van der Waals surface area (Å²) in [5.74, 6) is 0.496. The monoisotopic (exact) mass is 294 g/mol. The van der Waals surface area contributed by atoms with Crippen LogP contribution >= 0.6 is 11.5 Å². The molecule has 0 bridgehead atoms. The van der Waals surface area contributed by atoms with Gasteiger partial charge in [-0.2, -0.15) is 9.36 Å². The molecule has 1 aromatic carbocycles. The number of hydrogen-bond donors (Lipinski definition) is 1. The predicted octanol–water partition coefficient (Wildman–Crippen LogP) is 2.48. The molecule has 2 rings (SSSR count). The average molecular weight is 294 g/mol. The molecule has 0 aliphatic carbocycles.